The van der Waals surface area contributed by atoms with Gasteiger partial charge in [0, 0.05) is 26.2 Å². The van der Waals surface area contributed by atoms with Gasteiger partial charge in [-0.25, -0.2) is 0 Å². The van der Waals surface area contributed by atoms with Gasteiger partial charge in [-0.1, -0.05) is 24.3 Å². The highest BCUT2D eigenvalue weighted by atomic mass is 35.5. The van der Waals surface area contributed by atoms with Gasteiger partial charge in [-0.3, -0.25) is 9.69 Å². The number of halogens is 2. The molecule has 2 fully saturated rings. The Morgan fingerprint density at radius 3 is 2.75 bits per heavy atom. The van der Waals surface area contributed by atoms with Gasteiger partial charge in [0.25, 0.3) is 0 Å². The largest absolute Gasteiger partial charge is 0.376 e. The van der Waals surface area contributed by atoms with Gasteiger partial charge in [0.15, 0.2) is 0 Å². The number of rotatable bonds is 5. The lowest BCUT2D eigenvalue weighted by Gasteiger charge is -2.31. The van der Waals surface area contributed by atoms with Crippen molar-refractivity contribution in [1.29, 1.82) is 0 Å². The van der Waals surface area contributed by atoms with Crippen LogP contribution in [-0.2, 0) is 22.6 Å². The van der Waals surface area contributed by atoms with Gasteiger partial charge in [-0.05, 0) is 30.9 Å². The van der Waals surface area contributed by atoms with Crippen molar-refractivity contribution in [2.45, 2.75) is 44.5 Å². The minimum atomic E-state index is -0.596. The van der Waals surface area contributed by atoms with Crippen LogP contribution in [-0.4, -0.2) is 42.1 Å². The Kier molecular flexibility index (Phi) is 7.96. The summed E-state index contributed by atoms with van der Waals surface area (Å²) in [5.41, 5.74) is 7.69. The number of amides is 1. The molecule has 1 amide bonds. The van der Waals surface area contributed by atoms with Gasteiger partial charge in [0.05, 0.1) is 18.2 Å². The first kappa shape index (κ1) is 21.2. The SMILES string of the molecule is CC1CN(Cc2cccc(CNC(=O)C3(N)CC3)c2)CCO1.Cl.Cl. The highest BCUT2D eigenvalue weighted by Crippen LogP contribution is 2.32. The van der Waals surface area contributed by atoms with E-state index in [1.54, 1.807) is 0 Å². The molecule has 7 heteroatoms. The maximum atomic E-state index is 11.9. The van der Waals surface area contributed by atoms with E-state index < -0.39 is 5.54 Å². The third kappa shape index (κ3) is 5.60. The molecule has 1 saturated heterocycles. The van der Waals surface area contributed by atoms with Crippen LogP contribution in [0, 0.1) is 0 Å². The van der Waals surface area contributed by atoms with Crippen molar-refractivity contribution in [3.8, 4) is 0 Å². The Balaban J connectivity index is 0.00000144. The summed E-state index contributed by atoms with van der Waals surface area (Å²) in [5.74, 6) is -0.0279. The number of carbonyl (C=O) groups is 1. The van der Waals surface area contributed by atoms with Crippen molar-refractivity contribution >= 4 is 30.7 Å². The number of hydrogen-bond donors (Lipinski definition) is 2. The first-order chi connectivity index (χ1) is 10.5. The molecule has 1 unspecified atom stereocenters. The number of nitrogens with zero attached hydrogens (tertiary/aromatic N) is 1. The second kappa shape index (κ2) is 9.02. The fraction of sp³-hybridized carbons (Fsp3) is 0.588. The molecule has 24 heavy (non-hydrogen) atoms. The summed E-state index contributed by atoms with van der Waals surface area (Å²) in [6, 6.07) is 8.39. The topological polar surface area (TPSA) is 67.6 Å². The summed E-state index contributed by atoms with van der Waals surface area (Å²) < 4.78 is 5.57. The van der Waals surface area contributed by atoms with Crippen LogP contribution in [0.25, 0.3) is 0 Å². The molecule has 1 heterocycles. The highest BCUT2D eigenvalue weighted by Gasteiger charge is 2.45. The molecule has 3 rings (SSSR count). The van der Waals surface area contributed by atoms with Crippen LogP contribution in [0.5, 0.6) is 0 Å². The zero-order chi connectivity index (χ0) is 15.6. The first-order valence-electron chi connectivity index (χ1n) is 8.04. The molecule has 1 saturated carbocycles. The normalized spacial score (nSPS) is 22.0. The van der Waals surface area contributed by atoms with Crippen LogP contribution in [0.2, 0.25) is 0 Å². The third-order valence-electron chi connectivity index (χ3n) is 4.42. The molecule has 3 N–H and O–H groups in total. The lowest BCUT2D eigenvalue weighted by molar-refractivity contribution is -0.123. The Hall–Kier alpha value is -0.850. The Morgan fingerprint density at radius 2 is 2.08 bits per heavy atom. The van der Waals surface area contributed by atoms with Crippen LogP contribution in [0.1, 0.15) is 30.9 Å². The monoisotopic (exact) mass is 375 g/mol. The van der Waals surface area contributed by atoms with E-state index in [1.807, 2.05) is 6.07 Å². The Bertz CT molecular complexity index is 552. The maximum absolute atomic E-state index is 11.9. The van der Waals surface area contributed by atoms with E-state index in [1.165, 1.54) is 5.56 Å². The molecule has 1 aliphatic heterocycles. The third-order valence-corrected chi connectivity index (χ3v) is 4.42. The maximum Gasteiger partial charge on any atom is 0.240 e. The number of morpholine rings is 1. The molecule has 2 aliphatic rings. The zero-order valence-corrected chi connectivity index (χ0v) is 15.6. The van der Waals surface area contributed by atoms with E-state index in [4.69, 9.17) is 10.5 Å². The molecule has 1 aliphatic carbocycles. The van der Waals surface area contributed by atoms with Gasteiger partial charge < -0.3 is 15.8 Å². The van der Waals surface area contributed by atoms with Crippen molar-refractivity contribution in [3.63, 3.8) is 0 Å². The van der Waals surface area contributed by atoms with Gasteiger partial charge in [0.2, 0.25) is 5.91 Å². The van der Waals surface area contributed by atoms with Gasteiger partial charge in [-0.15, -0.1) is 24.8 Å². The highest BCUT2D eigenvalue weighted by molar-refractivity contribution is 5.88. The first-order valence-corrected chi connectivity index (χ1v) is 8.04. The number of ether oxygens (including phenoxy) is 1. The number of carbonyl (C=O) groups excluding carboxylic acids is 1. The molecule has 0 bridgehead atoms. The molecule has 136 valence electrons. The average Bonchev–Trinajstić information content (AvgIpc) is 3.24. The van der Waals surface area contributed by atoms with Crippen molar-refractivity contribution in [2.75, 3.05) is 19.7 Å². The Labute approximate surface area is 156 Å². The molecule has 0 aromatic heterocycles. The molecule has 5 nitrogen and oxygen atoms in total. The second-order valence-corrected chi connectivity index (χ2v) is 6.58. The summed E-state index contributed by atoms with van der Waals surface area (Å²) in [6.45, 7) is 6.33. The Morgan fingerprint density at radius 1 is 1.38 bits per heavy atom. The summed E-state index contributed by atoms with van der Waals surface area (Å²) in [6.07, 6.45) is 1.90. The number of benzene rings is 1. The summed E-state index contributed by atoms with van der Waals surface area (Å²) in [4.78, 5) is 14.3. The molecular weight excluding hydrogens is 349 g/mol. The summed E-state index contributed by atoms with van der Waals surface area (Å²) >= 11 is 0. The predicted octanol–water partition coefficient (Wildman–Crippen LogP) is 1.86. The van der Waals surface area contributed by atoms with Gasteiger partial charge in [0.1, 0.15) is 0 Å². The molecule has 1 aromatic carbocycles. The summed E-state index contributed by atoms with van der Waals surface area (Å²) in [7, 11) is 0. The van der Waals surface area contributed by atoms with Crippen LogP contribution < -0.4 is 11.1 Å². The van der Waals surface area contributed by atoms with E-state index in [2.05, 4.69) is 35.3 Å². The quantitative estimate of drug-likeness (QED) is 0.823. The lowest BCUT2D eigenvalue weighted by atomic mass is 10.1. The van der Waals surface area contributed by atoms with E-state index in [0.717, 1.165) is 44.6 Å². The molecule has 0 spiro atoms. The molecule has 0 radical (unpaired) electrons. The number of nitrogens with one attached hydrogen (secondary N) is 1. The van der Waals surface area contributed by atoms with E-state index in [-0.39, 0.29) is 30.7 Å². The van der Waals surface area contributed by atoms with Crippen molar-refractivity contribution < 1.29 is 9.53 Å². The van der Waals surface area contributed by atoms with Crippen molar-refractivity contribution in [3.05, 3.63) is 35.4 Å². The fourth-order valence-corrected chi connectivity index (χ4v) is 2.85. The van der Waals surface area contributed by atoms with Crippen molar-refractivity contribution in [1.82, 2.24) is 10.2 Å². The molecular formula is C17H27Cl2N3O2. The fourth-order valence-electron chi connectivity index (χ4n) is 2.85. The second-order valence-electron chi connectivity index (χ2n) is 6.58. The minimum absolute atomic E-state index is 0. The van der Waals surface area contributed by atoms with Gasteiger partial charge in [-0.2, -0.15) is 0 Å². The van der Waals surface area contributed by atoms with Crippen LogP contribution in [0.4, 0.5) is 0 Å². The van der Waals surface area contributed by atoms with Crippen molar-refractivity contribution in [2.24, 2.45) is 5.73 Å². The minimum Gasteiger partial charge on any atom is -0.376 e. The van der Waals surface area contributed by atoms with Crippen LogP contribution >= 0.6 is 24.8 Å². The lowest BCUT2D eigenvalue weighted by Crippen LogP contribution is -2.42. The molecule has 1 aromatic rings. The van der Waals surface area contributed by atoms with Crippen LogP contribution in [0.3, 0.4) is 0 Å². The number of hydrogen-bond acceptors (Lipinski definition) is 4. The van der Waals surface area contributed by atoms with Gasteiger partial charge >= 0.3 is 0 Å². The van der Waals surface area contributed by atoms with E-state index in [9.17, 15) is 4.79 Å². The average molecular weight is 376 g/mol. The number of nitrogens with two attached hydrogens (primary N) is 1. The van der Waals surface area contributed by atoms with E-state index >= 15 is 0 Å². The molecule has 1 atom stereocenters. The standard InChI is InChI=1S/C17H25N3O2.2ClH/c1-13-11-20(7-8-22-13)12-15-4-2-3-14(9-15)10-19-16(21)17(18)5-6-17;;/h2-4,9,13H,5-8,10-12,18H2,1H3,(H,19,21);2*1H. The van der Waals surface area contributed by atoms with Crippen LogP contribution in [0.15, 0.2) is 24.3 Å². The smallest absolute Gasteiger partial charge is 0.240 e. The summed E-state index contributed by atoms with van der Waals surface area (Å²) in [5, 5.41) is 2.94. The predicted molar refractivity (Wildman–Crippen MR) is 99.6 cm³/mol. The van der Waals surface area contributed by atoms with E-state index in [0.29, 0.717) is 12.6 Å². The zero-order valence-electron chi connectivity index (χ0n) is 14.0.